The third-order valence-corrected chi connectivity index (χ3v) is 3.07. The van der Waals surface area contributed by atoms with E-state index in [-0.39, 0.29) is 22.9 Å². The molecule has 0 bridgehead atoms. The first kappa shape index (κ1) is 14.6. The van der Waals surface area contributed by atoms with E-state index in [1.54, 1.807) is 13.0 Å². The first-order valence-electron chi connectivity index (χ1n) is 6.12. The Morgan fingerprint density at radius 1 is 1.48 bits per heavy atom. The molecule has 0 aliphatic carbocycles. The van der Waals surface area contributed by atoms with E-state index >= 15 is 0 Å². The second-order valence-corrected chi connectivity index (χ2v) is 4.66. The van der Waals surface area contributed by atoms with Gasteiger partial charge in [0.2, 0.25) is 0 Å². The van der Waals surface area contributed by atoms with Crippen LogP contribution in [0.1, 0.15) is 5.56 Å². The van der Waals surface area contributed by atoms with Gasteiger partial charge in [0.15, 0.2) is 0 Å². The molecular weight excluding hydrogens is 275 g/mol. The number of nitrogens with zero attached hydrogens (tertiary/aromatic N) is 1. The van der Waals surface area contributed by atoms with E-state index in [4.69, 9.17) is 5.73 Å². The number of carbonyl (C=O) groups is 2. The summed E-state index contributed by atoms with van der Waals surface area (Å²) in [5.74, 6) is -1.77. The molecule has 2 amide bonds. The maximum absolute atomic E-state index is 13.9. The summed E-state index contributed by atoms with van der Waals surface area (Å²) in [5, 5.41) is 5.40. The summed E-state index contributed by atoms with van der Waals surface area (Å²) in [7, 11) is 1.45. The van der Waals surface area contributed by atoms with Gasteiger partial charge >= 0.3 is 0 Å². The zero-order valence-corrected chi connectivity index (χ0v) is 11.7. The Hall–Kier alpha value is -2.83. The van der Waals surface area contributed by atoms with Crippen LogP contribution in [0.25, 0.3) is 0 Å². The Kier molecular flexibility index (Phi) is 3.66. The number of hydrogen-bond acceptors (Lipinski definition) is 4. The van der Waals surface area contributed by atoms with E-state index in [9.17, 15) is 14.0 Å². The van der Waals surface area contributed by atoms with Crippen molar-refractivity contribution >= 4 is 17.5 Å². The van der Waals surface area contributed by atoms with Crippen molar-refractivity contribution in [1.29, 1.82) is 0 Å². The van der Waals surface area contributed by atoms with Crippen molar-refractivity contribution in [2.45, 2.75) is 6.92 Å². The maximum Gasteiger partial charge on any atom is 0.268 e. The van der Waals surface area contributed by atoms with Gasteiger partial charge in [0.25, 0.3) is 11.8 Å². The fraction of sp³-hybridized carbons (Fsp3) is 0.143. The van der Waals surface area contributed by atoms with Crippen molar-refractivity contribution in [2.75, 3.05) is 12.4 Å². The predicted octanol–water partition coefficient (Wildman–Crippen LogP) is 0.776. The molecule has 0 spiro atoms. The van der Waals surface area contributed by atoms with Crippen molar-refractivity contribution in [3.63, 3.8) is 0 Å². The van der Waals surface area contributed by atoms with E-state index < -0.39 is 17.6 Å². The zero-order chi connectivity index (χ0) is 15.7. The van der Waals surface area contributed by atoms with Crippen molar-refractivity contribution in [2.24, 2.45) is 5.73 Å². The summed E-state index contributed by atoms with van der Waals surface area (Å²) in [6.07, 6.45) is 0. The second-order valence-electron chi connectivity index (χ2n) is 4.66. The quantitative estimate of drug-likeness (QED) is 0.718. The smallest absolute Gasteiger partial charge is 0.268 e. The highest BCUT2D eigenvalue weighted by Gasteiger charge is 2.31. The average Bonchev–Trinajstić information content (AvgIpc) is 2.39. The van der Waals surface area contributed by atoms with Gasteiger partial charge in [-0.15, -0.1) is 0 Å². The largest absolute Gasteiger partial charge is 0.365 e. The molecule has 1 heterocycles. The Bertz CT molecular complexity index is 682. The minimum Gasteiger partial charge on any atom is -0.365 e. The topological polar surface area (TPSA) is 87.5 Å². The molecule has 0 unspecified atom stereocenters. The van der Waals surface area contributed by atoms with Gasteiger partial charge in [-0.1, -0.05) is 12.6 Å². The second kappa shape index (κ2) is 5.28. The summed E-state index contributed by atoms with van der Waals surface area (Å²) >= 11 is 0. The number of amides is 2. The number of rotatable bonds is 3. The number of nitrogens with two attached hydrogens (primary N) is 1. The van der Waals surface area contributed by atoms with Crippen LogP contribution < -0.4 is 16.4 Å². The fourth-order valence-corrected chi connectivity index (χ4v) is 1.87. The first-order chi connectivity index (χ1) is 9.81. The molecule has 0 saturated carbocycles. The summed E-state index contributed by atoms with van der Waals surface area (Å²) < 4.78 is 13.9. The average molecular weight is 290 g/mol. The molecule has 1 aromatic rings. The number of primary amides is 1. The van der Waals surface area contributed by atoms with Gasteiger partial charge in [-0.05, 0) is 24.6 Å². The molecule has 2 rings (SSSR count). The van der Waals surface area contributed by atoms with Crippen LogP contribution in [0.4, 0.5) is 10.1 Å². The van der Waals surface area contributed by atoms with Crippen LogP contribution in [0.15, 0.2) is 42.0 Å². The van der Waals surface area contributed by atoms with Gasteiger partial charge < -0.3 is 16.4 Å². The molecule has 6 nitrogen and oxygen atoms in total. The number of likely N-dealkylation sites (N-methyl/N-ethyl adjacent to an activating group) is 1. The monoisotopic (exact) mass is 290 g/mol. The number of anilines is 1. The fourth-order valence-electron chi connectivity index (χ4n) is 1.87. The molecule has 7 heteroatoms. The SMILES string of the molecule is C=C1NC(Nc2ccc(C)cc2F)=C(C(N)=O)C(=O)N1C. The van der Waals surface area contributed by atoms with Gasteiger partial charge in [0, 0.05) is 7.05 Å². The first-order valence-corrected chi connectivity index (χ1v) is 6.12. The molecule has 110 valence electrons. The number of halogens is 1. The molecular formula is C14H15FN4O2. The Labute approximate surface area is 121 Å². The number of aryl methyl sites for hydroxylation is 1. The van der Waals surface area contributed by atoms with Crippen LogP contribution in [0.5, 0.6) is 0 Å². The Morgan fingerprint density at radius 3 is 2.71 bits per heavy atom. The third-order valence-electron chi connectivity index (χ3n) is 3.07. The normalized spacial score (nSPS) is 15.1. The Morgan fingerprint density at radius 2 is 2.14 bits per heavy atom. The van der Waals surface area contributed by atoms with Crippen LogP contribution >= 0.6 is 0 Å². The van der Waals surface area contributed by atoms with Gasteiger partial charge in [0.1, 0.15) is 23.0 Å². The predicted molar refractivity (Wildman–Crippen MR) is 76.0 cm³/mol. The van der Waals surface area contributed by atoms with Crippen LogP contribution in [-0.4, -0.2) is 23.8 Å². The van der Waals surface area contributed by atoms with Crippen LogP contribution in [0.2, 0.25) is 0 Å². The summed E-state index contributed by atoms with van der Waals surface area (Å²) in [4.78, 5) is 24.7. The molecule has 0 aromatic heterocycles. The van der Waals surface area contributed by atoms with E-state index in [0.29, 0.717) is 0 Å². The highest BCUT2D eigenvalue weighted by molar-refractivity contribution is 6.19. The molecule has 1 aliphatic heterocycles. The van der Waals surface area contributed by atoms with E-state index in [2.05, 4.69) is 17.2 Å². The lowest BCUT2D eigenvalue weighted by molar-refractivity contribution is -0.128. The number of benzene rings is 1. The van der Waals surface area contributed by atoms with E-state index in [1.165, 1.54) is 19.2 Å². The lowest BCUT2D eigenvalue weighted by atomic mass is 10.1. The number of hydrogen-bond donors (Lipinski definition) is 3. The van der Waals surface area contributed by atoms with E-state index in [1.807, 2.05) is 0 Å². The van der Waals surface area contributed by atoms with Gasteiger partial charge in [-0.2, -0.15) is 0 Å². The minimum atomic E-state index is -0.915. The van der Waals surface area contributed by atoms with Gasteiger partial charge in [-0.25, -0.2) is 4.39 Å². The van der Waals surface area contributed by atoms with Gasteiger partial charge in [-0.3, -0.25) is 14.5 Å². The van der Waals surface area contributed by atoms with Gasteiger partial charge in [0.05, 0.1) is 5.69 Å². The van der Waals surface area contributed by atoms with Crippen LogP contribution in [0, 0.1) is 12.7 Å². The highest BCUT2D eigenvalue weighted by Crippen LogP contribution is 2.21. The minimum absolute atomic E-state index is 0.0124. The van der Waals surface area contributed by atoms with Crippen LogP contribution in [-0.2, 0) is 9.59 Å². The summed E-state index contributed by atoms with van der Waals surface area (Å²) in [6.45, 7) is 5.39. The van der Waals surface area contributed by atoms with Crippen molar-refractivity contribution < 1.29 is 14.0 Å². The number of nitrogens with one attached hydrogen (secondary N) is 2. The molecule has 0 atom stereocenters. The molecule has 4 N–H and O–H groups in total. The number of carbonyl (C=O) groups excluding carboxylic acids is 2. The van der Waals surface area contributed by atoms with E-state index in [0.717, 1.165) is 10.5 Å². The summed E-state index contributed by atoms with van der Waals surface area (Å²) in [6, 6.07) is 4.53. The molecule has 0 radical (unpaired) electrons. The molecule has 0 fully saturated rings. The molecule has 1 aromatic carbocycles. The standard InChI is InChI=1S/C14H15FN4O2/c1-7-4-5-10(9(15)6-7)18-13-11(12(16)20)14(21)19(3)8(2)17-13/h4-6,17-18H,2H2,1,3H3,(H2,16,20). The lowest BCUT2D eigenvalue weighted by Crippen LogP contribution is -2.45. The maximum atomic E-state index is 13.9. The lowest BCUT2D eigenvalue weighted by Gasteiger charge is -2.29. The van der Waals surface area contributed by atoms with Crippen molar-refractivity contribution in [3.8, 4) is 0 Å². The molecule has 0 saturated heterocycles. The molecule has 21 heavy (non-hydrogen) atoms. The third kappa shape index (κ3) is 2.71. The highest BCUT2D eigenvalue weighted by atomic mass is 19.1. The van der Waals surface area contributed by atoms with Crippen molar-refractivity contribution in [1.82, 2.24) is 10.2 Å². The van der Waals surface area contributed by atoms with Crippen molar-refractivity contribution in [3.05, 3.63) is 53.4 Å². The zero-order valence-electron chi connectivity index (χ0n) is 11.7. The molecule has 1 aliphatic rings. The van der Waals surface area contributed by atoms with Crippen LogP contribution in [0.3, 0.4) is 0 Å². The Balaban J connectivity index is 2.45. The summed E-state index contributed by atoms with van der Waals surface area (Å²) in [5.41, 5.74) is 5.80.